The van der Waals surface area contributed by atoms with E-state index in [0.29, 0.717) is 0 Å². The second kappa shape index (κ2) is 3.67. The van der Waals surface area contributed by atoms with Gasteiger partial charge in [0.2, 0.25) is 0 Å². The van der Waals surface area contributed by atoms with Gasteiger partial charge in [-0.2, -0.15) is 0 Å². The molecule has 0 fully saturated rings. The zero-order valence-electron chi connectivity index (χ0n) is 3.65. The molecule has 29 valence electrons. The summed E-state index contributed by atoms with van der Waals surface area (Å²) in [5, 5.41) is 0. The Morgan fingerprint density at radius 3 is 2.40 bits per heavy atom. The van der Waals surface area contributed by atoms with Crippen LogP contribution in [0.5, 0.6) is 0 Å². The summed E-state index contributed by atoms with van der Waals surface area (Å²) in [6.07, 6.45) is 3.66. The summed E-state index contributed by atoms with van der Waals surface area (Å²) < 4.78 is 0. The van der Waals surface area contributed by atoms with E-state index < -0.39 is 0 Å². The molecule has 0 heterocycles. The van der Waals surface area contributed by atoms with Crippen molar-refractivity contribution in [3.05, 3.63) is 0 Å². The molecule has 0 amide bonds. The number of hydrogen-bond donors (Lipinski definition) is 0. The van der Waals surface area contributed by atoms with Crippen molar-refractivity contribution in [3.63, 3.8) is 0 Å². The molecule has 0 aromatic heterocycles. The standard InChI is InChI=1S/C4H8N/c1-3-4-5-2/h3H2,1-2H3. The Kier molecular flexibility index (Phi) is 3.43. The number of aliphatic imine (C=N–C) groups is 1. The molecule has 0 unspecified atom stereocenters. The first-order valence-corrected chi connectivity index (χ1v) is 1.73. The zero-order valence-corrected chi connectivity index (χ0v) is 3.65. The van der Waals surface area contributed by atoms with E-state index in [1.165, 1.54) is 0 Å². The summed E-state index contributed by atoms with van der Waals surface area (Å²) in [5.41, 5.74) is 0. The van der Waals surface area contributed by atoms with E-state index in [1.807, 2.05) is 6.92 Å². The molecule has 0 aliphatic heterocycles. The molecule has 0 bridgehead atoms. The normalized spacial score (nSPS) is 10.0. The maximum absolute atomic E-state index is 3.60. The van der Waals surface area contributed by atoms with Crippen molar-refractivity contribution in [1.29, 1.82) is 0 Å². The summed E-state index contributed by atoms with van der Waals surface area (Å²) in [6.45, 7) is 2.01. The Balaban J connectivity index is 2.62. The van der Waals surface area contributed by atoms with Crippen LogP contribution in [0.1, 0.15) is 13.3 Å². The number of nitrogens with zero attached hydrogens (tertiary/aromatic N) is 1. The number of rotatable bonds is 1. The molecule has 0 saturated carbocycles. The minimum absolute atomic E-state index is 0.927. The van der Waals surface area contributed by atoms with Crippen molar-refractivity contribution in [2.24, 2.45) is 4.99 Å². The molecule has 0 saturated heterocycles. The van der Waals surface area contributed by atoms with Crippen molar-refractivity contribution in [2.75, 3.05) is 7.05 Å². The van der Waals surface area contributed by atoms with Crippen molar-refractivity contribution in [1.82, 2.24) is 0 Å². The summed E-state index contributed by atoms with van der Waals surface area (Å²) in [4.78, 5) is 3.60. The lowest BCUT2D eigenvalue weighted by atomic mass is 10.5. The Morgan fingerprint density at radius 1 is 1.80 bits per heavy atom. The topological polar surface area (TPSA) is 12.4 Å². The van der Waals surface area contributed by atoms with Crippen LogP contribution >= 0.6 is 0 Å². The summed E-state index contributed by atoms with van der Waals surface area (Å²) in [7, 11) is 1.73. The predicted molar refractivity (Wildman–Crippen MR) is 23.6 cm³/mol. The first kappa shape index (κ1) is 4.67. The van der Waals surface area contributed by atoms with Gasteiger partial charge < -0.3 is 0 Å². The van der Waals surface area contributed by atoms with Gasteiger partial charge in [-0.05, 0) is 6.42 Å². The average molecular weight is 70.1 g/mol. The molecule has 0 aromatic rings. The molecule has 0 N–H and O–H groups in total. The van der Waals surface area contributed by atoms with Crippen LogP contribution in [0, 0.1) is 0 Å². The quantitative estimate of drug-likeness (QED) is 0.408. The molecule has 0 spiro atoms. The molecule has 0 atom stereocenters. The van der Waals surface area contributed by atoms with Crippen molar-refractivity contribution < 1.29 is 0 Å². The maximum Gasteiger partial charge on any atom is 0.0551 e. The van der Waals surface area contributed by atoms with Crippen LogP contribution in [0.15, 0.2) is 4.99 Å². The summed E-state index contributed by atoms with van der Waals surface area (Å²) in [6, 6.07) is 0. The molecule has 0 aliphatic rings. The third-order valence-electron chi connectivity index (χ3n) is 0.316. The van der Waals surface area contributed by atoms with E-state index in [1.54, 1.807) is 7.05 Å². The molecule has 1 radical (unpaired) electrons. The fourth-order valence-corrected chi connectivity index (χ4v) is 0.158. The molecule has 1 heteroatoms. The van der Waals surface area contributed by atoms with Gasteiger partial charge in [0.1, 0.15) is 0 Å². The highest BCUT2D eigenvalue weighted by molar-refractivity contribution is 5.56. The highest BCUT2D eigenvalue weighted by Gasteiger charge is 1.55. The van der Waals surface area contributed by atoms with Gasteiger partial charge in [0.15, 0.2) is 0 Å². The fraction of sp³-hybridized carbons (Fsp3) is 0.750. The minimum atomic E-state index is 0.927. The van der Waals surface area contributed by atoms with Gasteiger partial charge in [-0.15, -0.1) is 0 Å². The molecule has 1 nitrogen and oxygen atoms in total. The monoisotopic (exact) mass is 70.1 g/mol. The van der Waals surface area contributed by atoms with Crippen LogP contribution < -0.4 is 0 Å². The van der Waals surface area contributed by atoms with Crippen LogP contribution in [0.3, 0.4) is 0 Å². The Bertz CT molecular complexity index is 30.6. The van der Waals surface area contributed by atoms with Crippen LogP contribution in [-0.2, 0) is 0 Å². The molecular formula is C4H8N. The fourth-order valence-electron chi connectivity index (χ4n) is 0.158. The van der Waals surface area contributed by atoms with Crippen molar-refractivity contribution >= 4 is 6.21 Å². The molecule has 0 rings (SSSR count). The lowest BCUT2D eigenvalue weighted by Gasteiger charge is -1.63. The molecule has 5 heavy (non-hydrogen) atoms. The lowest BCUT2D eigenvalue weighted by molar-refractivity contribution is 1.29. The van der Waals surface area contributed by atoms with Gasteiger partial charge in [-0.1, -0.05) is 6.92 Å². The third kappa shape index (κ3) is 3.67. The van der Waals surface area contributed by atoms with Gasteiger partial charge in [0, 0.05) is 7.05 Å². The Labute approximate surface area is 32.7 Å². The molecule has 0 aliphatic carbocycles. The Hall–Kier alpha value is -0.330. The minimum Gasteiger partial charge on any atom is -0.291 e. The van der Waals surface area contributed by atoms with Crippen LogP contribution in [-0.4, -0.2) is 13.3 Å². The second-order valence-corrected chi connectivity index (χ2v) is 0.735. The van der Waals surface area contributed by atoms with E-state index in [2.05, 4.69) is 11.2 Å². The summed E-state index contributed by atoms with van der Waals surface area (Å²) in [5.74, 6) is 0. The first-order chi connectivity index (χ1) is 2.41. The summed E-state index contributed by atoms with van der Waals surface area (Å²) >= 11 is 0. The van der Waals surface area contributed by atoms with Gasteiger partial charge in [0.05, 0.1) is 6.21 Å². The van der Waals surface area contributed by atoms with E-state index >= 15 is 0 Å². The first-order valence-electron chi connectivity index (χ1n) is 1.73. The van der Waals surface area contributed by atoms with Gasteiger partial charge >= 0.3 is 0 Å². The van der Waals surface area contributed by atoms with Gasteiger partial charge in [-0.25, -0.2) is 0 Å². The predicted octanol–water partition coefficient (Wildman–Crippen LogP) is 0.974. The van der Waals surface area contributed by atoms with Gasteiger partial charge in [0.25, 0.3) is 0 Å². The third-order valence-corrected chi connectivity index (χ3v) is 0.316. The van der Waals surface area contributed by atoms with Crippen LogP contribution in [0.25, 0.3) is 0 Å². The molecular weight excluding hydrogens is 62.1 g/mol. The Morgan fingerprint density at radius 2 is 2.40 bits per heavy atom. The van der Waals surface area contributed by atoms with E-state index in [0.717, 1.165) is 6.42 Å². The highest BCUT2D eigenvalue weighted by atomic mass is 14.6. The number of hydrogen-bond acceptors (Lipinski definition) is 1. The van der Waals surface area contributed by atoms with Gasteiger partial charge in [-0.3, -0.25) is 4.99 Å². The molecule has 0 aromatic carbocycles. The van der Waals surface area contributed by atoms with E-state index in [9.17, 15) is 0 Å². The maximum atomic E-state index is 3.60. The highest BCUT2D eigenvalue weighted by Crippen LogP contribution is 1.60. The van der Waals surface area contributed by atoms with E-state index in [4.69, 9.17) is 0 Å². The van der Waals surface area contributed by atoms with Crippen molar-refractivity contribution in [2.45, 2.75) is 13.3 Å². The van der Waals surface area contributed by atoms with Crippen molar-refractivity contribution in [3.8, 4) is 0 Å². The SMILES string of the molecule is CC/[C]=N\C. The van der Waals surface area contributed by atoms with Crippen LogP contribution in [0.4, 0.5) is 0 Å². The second-order valence-electron chi connectivity index (χ2n) is 0.735. The van der Waals surface area contributed by atoms with E-state index in [-0.39, 0.29) is 0 Å². The zero-order chi connectivity index (χ0) is 4.12. The van der Waals surface area contributed by atoms with Crippen LogP contribution in [0.2, 0.25) is 0 Å². The smallest absolute Gasteiger partial charge is 0.0551 e. The average Bonchev–Trinajstić information content (AvgIpc) is 1.41. The lowest BCUT2D eigenvalue weighted by Crippen LogP contribution is -1.60. The largest absolute Gasteiger partial charge is 0.291 e.